The molecular weight excluding hydrogens is 855 g/mol. The number of nitrogens with zero attached hydrogens (tertiary/aromatic N) is 2. The Bertz CT molecular complexity index is 2300. The van der Waals surface area contributed by atoms with E-state index in [1.54, 1.807) is 13.0 Å². The molecule has 3 fully saturated rings. The van der Waals surface area contributed by atoms with Gasteiger partial charge in [-0.05, 0) is 101 Å². The smallest absolute Gasteiger partial charge is 0.427 e. The Hall–Kier alpha value is -4.88. The first-order valence-electron chi connectivity index (χ1n) is 21.4. The molecule has 3 aliphatic heterocycles. The van der Waals surface area contributed by atoms with Crippen molar-refractivity contribution in [2.75, 3.05) is 20.3 Å². The van der Waals surface area contributed by atoms with Crippen LogP contribution in [0.5, 0.6) is 17.5 Å². The van der Waals surface area contributed by atoms with E-state index in [4.69, 9.17) is 18.9 Å². The zero-order valence-electron chi connectivity index (χ0n) is 36.2. The Morgan fingerprint density at radius 1 is 1.13 bits per heavy atom. The molecule has 7 rings (SSSR count). The number of hydrogen-bond donors (Lipinski definition) is 3. The summed E-state index contributed by atoms with van der Waals surface area (Å²) in [5.74, 6) is -4.45. The van der Waals surface area contributed by atoms with Crippen LogP contribution in [0.4, 0.5) is 22.4 Å². The molecule has 5 aliphatic rings. The Morgan fingerprint density at radius 2 is 1.86 bits per heavy atom. The minimum Gasteiger partial charge on any atom is -0.494 e. The van der Waals surface area contributed by atoms with Gasteiger partial charge in [0.1, 0.15) is 23.7 Å². The summed E-state index contributed by atoms with van der Waals surface area (Å²) in [6.07, 6.45) is -0.319. The summed E-state index contributed by atoms with van der Waals surface area (Å²) in [4.78, 5) is 62.8. The molecule has 4 heterocycles. The second-order valence-corrected chi connectivity index (χ2v) is 20.6. The number of carbonyl (C=O) groups excluding carboxylic acids is 4. The van der Waals surface area contributed by atoms with E-state index in [0.29, 0.717) is 82.8 Å². The van der Waals surface area contributed by atoms with Gasteiger partial charge >= 0.3 is 12.3 Å². The van der Waals surface area contributed by atoms with Gasteiger partial charge in [-0.25, -0.2) is 17.6 Å². The lowest BCUT2D eigenvalue weighted by molar-refractivity contribution is -0.244. The zero-order chi connectivity index (χ0) is 45.9. The number of alkyl carbamates (subject to hydrolysis) is 1. The Morgan fingerprint density at radius 3 is 2.52 bits per heavy atom. The number of halogens is 4. The van der Waals surface area contributed by atoms with Crippen LogP contribution in [-0.2, 0) is 35.6 Å². The van der Waals surface area contributed by atoms with Gasteiger partial charge in [0.2, 0.25) is 39.2 Å². The molecule has 0 radical (unpaired) electrons. The van der Waals surface area contributed by atoms with Gasteiger partial charge in [-0.3, -0.25) is 19.1 Å². The maximum Gasteiger partial charge on any atom is 0.427 e. The fourth-order valence-electron chi connectivity index (χ4n) is 8.76. The van der Waals surface area contributed by atoms with Gasteiger partial charge in [-0.2, -0.15) is 18.2 Å². The first-order valence-corrected chi connectivity index (χ1v) is 22.9. The van der Waals surface area contributed by atoms with Gasteiger partial charge in [0.05, 0.1) is 25.0 Å². The number of fused-ring (bicyclic) bond motifs is 5. The third-order valence-electron chi connectivity index (χ3n) is 13.3. The van der Waals surface area contributed by atoms with Gasteiger partial charge in [-0.1, -0.05) is 32.4 Å². The minimum absolute atomic E-state index is 0.0258. The largest absolute Gasteiger partial charge is 0.494 e. The van der Waals surface area contributed by atoms with Crippen LogP contribution in [0.2, 0.25) is 0 Å². The van der Waals surface area contributed by atoms with Crippen LogP contribution < -0.4 is 29.6 Å². The number of aryl methyl sites for hydroxylation is 1. The molecule has 3 N–H and O–H groups in total. The fourth-order valence-corrected chi connectivity index (χ4v) is 10.1. The number of alkyl halides is 3. The van der Waals surface area contributed by atoms with Gasteiger partial charge in [-0.15, -0.1) is 0 Å². The SMILES string of the molecule is CCC1CC(C)CCC=CC2CC2(C(=O)NS(=O)(=O)C2(C)CC2)NC(=O)C2CC(Oc3nc4c(c5cc(OC)c(F)cc35)CCCO4)CN2C(=O)C1NC(=O)OC(C)(C)C(F)(F)F. The molecule has 15 nitrogen and oxygen atoms in total. The maximum absolute atomic E-state index is 15.3. The number of rotatable bonds is 9. The molecule has 63 heavy (non-hydrogen) atoms. The second-order valence-electron chi connectivity index (χ2n) is 18.4. The number of methoxy groups -OCH3 is 1. The average molecular weight is 910 g/mol. The number of pyridine rings is 1. The molecule has 346 valence electrons. The van der Waals surface area contributed by atoms with Gasteiger partial charge in [0, 0.05) is 23.3 Å². The predicted octanol–water partition coefficient (Wildman–Crippen LogP) is 5.77. The van der Waals surface area contributed by atoms with Crippen LogP contribution in [-0.4, -0.2) is 103 Å². The number of amides is 4. The number of carbonyl (C=O) groups is 4. The van der Waals surface area contributed by atoms with E-state index in [2.05, 4.69) is 20.3 Å². The molecule has 0 bridgehead atoms. The van der Waals surface area contributed by atoms with Crippen molar-refractivity contribution in [3.05, 3.63) is 35.7 Å². The number of allylic oxidation sites excluding steroid dienone is 1. The molecule has 1 aromatic heterocycles. The third-order valence-corrected chi connectivity index (χ3v) is 15.5. The molecule has 20 heteroatoms. The number of aromatic nitrogens is 1. The lowest BCUT2D eigenvalue weighted by Crippen LogP contribution is -2.60. The standard InChI is InChI=1S/C43H55F4N5O10S/c1-7-24-17-23(2)11-8-9-12-25-21-42(25,38(55)51-63(57,58)41(5)14-15-41)50-34(53)31-18-26(22-52(31)37(54)33(24)48-39(56)62-40(3,4)43(45,46)47)61-36-29-19-30(44)32(59-6)20-28(29)27-13-10-16-60-35(27)49-36/h9,12,19-20,23-26,31,33H,7-8,10-11,13-18,21-22H2,1-6H3,(H,48,56)(H,50,53)(H,51,55). The molecule has 2 aromatic rings. The van der Waals surface area contributed by atoms with E-state index in [-0.39, 0.29) is 48.2 Å². The summed E-state index contributed by atoms with van der Waals surface area (Å²) in [5, 5.41) is 6.01. The van der Waals surface area contributed by atoms with E-state index >= 15 is 9.18 Å². The quantitative estimate of drug-likeness (QED) is 0.205. The van der Waals surface area contributed by atoms with Crippen molar-refractivity contribution in [3.63, 3.8) is 0 Å². The van der Waals surface area contributed by atoms with E-state index in [9.17, 15) is 36.0 Å². The van der Waals surface area contributed by atoms with Crippen molar-refractivity contribution in [1.29, 1.82) is 0 Å². The highest BCUT2D eigenvalue weighted by Gasteiger charge is 2.63. The van der Waals surface area contributed by atoms with Crippen LogP contribution in [0.3, 0.4) is 0 Å². The lowest BCUT2D eigenvalue weighted by Gasteiger charge is -2.35. The van der Waals surface area contributed by atoms with Crippen LogP contribution in [0.1, 0.15) is 98.0 Å². The monoisotopic (exact) mass is 909 g/mol. The summed E-state index contributed by atoms with van der Waals surface area (Å²) in [7, 11) is -2.79. The van der Waals surface area contributed by atoms with E-state index in [0.717, 1.165) is 4.90 Å². The van der Waals surface area contributed by atoms with Gasteiger partial charge < -0.3 is 34.5 Å². The van der Waals surface area contributed by atoms with Crippen molar-refractivity contribution >= 4 is 44.6 Å². The lowest BCUT2D eigenvalue weighted by atomic mass is 9.85. The van der Waals surface area contributed by atoms with Crippen molar-refractivity contribution in [3.8, 4) is 17.5 Å². The summed E-state index contributed by atoms with van der Waals surface area (Å²) < 4.78 is 107. The molecule has 4 amide bonds. The summed E-state index contributed by atoms with van der Waals surface area (Å²) in [5.41, 5.74) is -3.92. The van der Waals surface area contributed by atoms with Crippen LogP contribution in [0.15, 0.2) is 24.3 Å². The molecular formula is C43H55F4N5O10S. The molecule has 2 aliphatic carbocycles. The van der Waals surface area contributed by atoms with Crippen molar-refractivity contribution in [2.24, 2.45) is 17.8 Å². The predicted molar refractivity (Wildman–Crippen MR) is 220 cm³/mol. The van der Waals surface area contributed by atoms with Gasteiger partial charge in [0.25, 0.3) is 5.91 Å². The Labute approximate surface area is 363 Å². The van der Waals surface area contributed by atoms with E-state index < -0.39 is 91.7 Å². The Balaban J connectivity index is 1.27. The van der Waals surface area contributed by atoms with Crippen molar-refractivity contribution in [2.45, 2.75) is 139 Å². The maximum atomic E-state index is 15.3. The topological polar surface area (TPSA) is 192 Å². The third kappa shape index (κ3) is 9.10. The van der Waals surface area contributed by atoms with E-state index in [1.807, 2.05) is 13.0 Å². The molecule has 1 aromatic carbocycles. The van der Waals surface area contributed by atoms with Gasteiger partial charge in [0.15, 0.2) is 11.6 Å². The zero-order valence-corrected chi connectivity index (χ0v) is 37.0. The molecule has 7 unspecified atom stereocenters. The highest BCUT2D eigenvalue weighted by Crippen LogP contribution is 2.48. The first kappa shape index (κ1) is 46.1. The molecule has 0 spiro atoms. The highest BCUT2D eigenvalue weighted by atomic mass is 32.2. The highest BCUT2D eigenvalue weighted by molar-refractivity contribution is 7.91. The second kappa shape index (κ2) is 16.9. The minimum atomic E-state index is -4.95. The average Bonchev–Trinajstić information content (AvgIpc) is 4.09. The number of hydrogen-bond acceptors (Lipinski definition) is 11. The fraction of sp³-hybridized carbons (Fsp3) is 0.651. The summed E-state index contributed by atoms with van der Waals surface area (Å²) >= 11 is 0. The van der Waals surface area contributed by atoms with Crippen molar-refractivity contribution in [1.82, 2.24) is 25.2 Å². The van der Waals surface area contributed by atoms with Crippen molar-refractivity contribution < 1.29 is 64.1 Å². The Kier molecular flexibility index (Phi) is 12.4. The normalized spacial score (nSPS) is 28.5. The van der Waals surface area contributed by atoms with E-state index in [1.165, 1.54) is 26.2 Å². The summed E-state index contributed by atoms with van der Waals surface area (Å²) in [6.45, 7) is 6.63. The summed E-state index contributed by atoms with van der Waals surface area (Å²) in [6, 6.07) is -0.188. The van der Waals surface area contributed by atoms with Crippen LogP contribution in [0, 0.1) is 23.6 Å². The number of sulfonamides is 1. The van der Waals surface area contributed by atoms with Crippen LogP contribution >= 0.6 is 0 Å². The number of nitrogens with one attached hydrogen (secondary N) is 3. The number of ether oxygens (including phenoxy) is 4. The number of benzene rings is 1. The molecule has 1 saturated heterocycles. The van der Waals surface area contributed by atoms with Crippen LogP contribution in [0.25, 0.3) is 10.8 Å². The first-order chi connectivity index (χ1) is 29.5. The molecule has 7 atom stereocenters. The molecule has 2 saturated carbocycles.